The van der Waals surface area contributed by atoms with Gasteiger partial charge in [-0.1, -0.05) is 35.6 Å². The Balaban J connectivity index is 2.07. The molecule has 1 saturated heterocycles. The Hall–Kier alpha value is -0.890. The fourth-order valence-corrected chi connectivity index (χ4v) is 4.16. The van der Waals surface area contributed by atoms with E-state index < -0.39 is 0 Å². The lowest BCUT2D eigenvalue weighted by Crippen LogP contribution is -2.27. The number of halogens is 1. The van der Waals surface area contributed by atoms with Crippen molar-refractivity contribution in [2.45, 2.75) is 6.92 Å². The quantitative estimate of drug-likeness (QED) is 0.626. The van der Waals surface area contributed by atoms with Crippen LogP contribution in [-0.4, -0.2) is 31.1 Å². The van der Waals surface area contributed by atoms with Crippen molar-refractivity contribution in [1.82, 2.24) is 14.3 Å². The fourth-order valence-electron chi connectivity index (χ4n) is 1.80. The van der Waals surface area contributed by atoms with Crippen LogP contribution in [0.3, 0.4) is 0 Å². The van der Waals surface area contributed by atoms with Gasteiger partial charge in [0, 0.05) is 18.1 Å². The lowest BCUT2D eigenvalue weighted by Gasteiger charge is -2.09. The van der Waals surface area contributed by atoms with Crippen LogP contribution in [0.25, 0.3) is 11.0 Å². The number of thiocarbonyl (C=S) groups is 1. The molecule has 3 heterocycles. The second kappa shape index (κ2) is 4.90. The third kappa shape index (κ3) is 2.10. The number of aromatic nitrogens is 2. The van der Waals surface area contributed by atoms with E-state index in [4.69, 9.17) is 23.8 Å². The van der Waals surface area contributed by atoms with E-state index in [9.17, 15) is 4.79 Å². The van der Waals surface area contributed by atoms with Crippen molar-refractivity contribution in [3.05, 3.63) is 27.3 Å². The number of thioether (sulfide) groups is 1. The zero-order chi connectivity index (χ0) is 13.6. The first-order valence-electron chi connectivity index (χ1n) is 5.48. The summed E-state index contributed by atoms with van der Waals surface area (Å²) in [5.41, 5.74) is 0.717. The first kappa shape index (κ1) is 13.1. The summed E-state index contributed by atoms with van der Waals surface area (Å²) >= 11 is 14.1. The topological polar surface area (TPSA) is 37.6 Å². The second-order valence-electron chi connectivity index (χ2n) is 3.77. The minimum Gasteiger partial charge on any atom is -0.293 e. The summed E-state index contributed by atoms with van der Waals surface area (Å²) in [5.74, 6) is -0.0706. The molecule has 8 heteroatoms. The number of likely N-dealkylation sites (N-methyl/N-ethyl adjacent to an activating group) is 1. The van der Waals surface area contributed by atoms with Gasteiger partial charge >= 0.3 is 0 Å². The van der Waals surface area contributed by atoms with Gasteiger partial charge in [0.05, 0.1) is 10.6 Å². The maximum atomic E-state index is 12.1. The molecule has 0 unspecified atom stereocenters. The number of imidazole rings is 1. The van der Waals surface area contributed by atoms with Crippen LogP contribution in [0.5, 0.6) is 0 Å². The Labute approximate surface area is 128 Å². The van der Waals surface area contributed by atoms with Gasteiger partial charge in [0.1, 0.15) is 4.32 Å². The van der Waals surface area contributed by atoms with E-state index in [1.165, 1.54) is 23.1 Å². The summed E-state index contributed by atoms with van der Waals surface area (Å²) in [4.78, 5) is 19.3. The summed E-state index contributed by atoms with van der Waals surface area (Å²) in [6.45, 7) is 2.48. The van der Waals surface area contributed by atoms with E-state index in [2.05, 4.69) is 4.98 Å². The van der Waals surface area contributed by atoms with Crippen molar-refractivity contribution in [3.63, 3.8) is 0 Å². The van der Waals surface area contributed by atoms with Crippen LogP contribution in [0, 0.1) is 0 Å². The number of rotatable bonds is 2. The van der Waals surface area contributed by atoms with Crippen LogP contribution < -0.4 is 0 Å². The molecule has 0 aliphatic carbocycles. The summed E-state index contributed by atoms with van der Waals surface area (Å²) < 4.78 is 2.45. The van der Waals surface area contributed by atoms with Gasteiger partial charge < -0.3 is 0 Å². The average Bonchev–Trinajstić information content (AvgIpc) is 2.98. The zero-order valence-electron chi connectivity index (χ0n) is 9.79. The van der Waals surface area contributed by atoms with Crippen molar-refractivity contribution in [2.24, 2.45) is 0 Å². The molecular formula is C11H8ClN3OS3. The van der Waals surface area contributed by atoms with E-state index in [1.54, 1.807) is 11.0 Å². The van der Waals surface area contributed by atoms with E-state index >= 15 is 0 Å². The number of carbonyl (C=O) groups excluding carboxylic acids is 1. The lowest BCUT2D eigenvalue weighted by atomic mass is 10.3. The molecular weight excluding hydrogens is 322 g/mol. The highest BCUT2D eigenvalue weighted by molar-refractivity contribution is 8.26. The second-order valence-corrected chi connectivity index (χ2v) is 6.68. The van der Waals surface area contributed by atoms with Crippen molar-refractivity contribution in [2.75, 3.05) is 6.54 Å². The summed E-state index contributed by atoms with van der Waals surface area (Å²) in [7, 11) is 0. The largest absolute Gasteiger partial charge is 0.293 e. The molecule has 2 aromatic rings. The van der Waals surface area contributed by atoms with Crippen LogP contribution in [0.2, 0.25) is 5.15 Å². The number of fused-ring (bicyclic) bond motifs is 1. The molecule has 0 spiro atoms. The van der Waals surface area contributed by atoms with Gasteiger partial charge in [-0.05, 0) is 13.0 Å². The van der Waals surface area contributed by atoms with Crippen molar-refractivity contribution < 1.29 is 4.79 Å². The van der Waals surface area contributed by atoms with Gasteiger partial charge in [-0.15, -0.1) is 11.3 Å². The maximum absolute atomic E-state index is 12.1. The number of hydrogen-bond donors (Lipinski definition) is 0. The number of amides is 1. The van der Waals surface area contributed by atoms with Gasteiger partial charge in [0.15, 0.2) is 10.1 Å². The van der Waals surface area contributed by atoms with Crippen LogP contribution >= 0.6 is 46.9 Å². The molecule has 1 aliphatic rings. The number of thiazole rings is 1. The van der Waals surface area contributed by atoms with Gasteiger partial charge in [0.2, 0.25) is 0 Å². The van der Waals surface area contributed by atoms with Crippen LogP contribution in [0.15, 0.2) is 16.5 Å². The van der Waals surface area contributed by atoms with Gasteiger partial charge in [-0.3, -0.25) is 14.1 Å². The van der Waals surface area contributed by atoms with Crippen LogP contribution in [-0.2, 0) is 4.79 Å². The molecule has 0 atom stereocenters. The number of hydrogen-bond acceptors (Lipinski definition) is 5. The highest BCUT2D eigenvalue weighted by atomic mass is 35.5. The molecule has 0 N–H and O–H groups in total. The highest BCUT2D eigenvalue weighted by Crippen LogP contribution is 2.34. The van der Waals surface area contributed by atoms with Gasteiger partial charge in [0.25, 0.3) is 5.91 Å². The zero-order valence-corrected chi connectivity index (χ0v) is 13.0. The fraction of sp³-hybridized carbons (Fsp3) is 0.182. The molecule has 3 rings (SSSR count). The third-order valence-corrected chi connectivity index (χ3v) is 5.12. The highest BCUT2D eigenvalue weighted by Gasteiger charge is 2.31. The lowest BCUT2D eigenvalue weighted by molar-refractivity contribution is -0.121. The Bertz CT molecular complexity index is 718. The first-order valence-corrected chi connectivity index (χ1v) is 7.96. The molecule has 19 heavy (non-hydrogen) atoms. The predicted molar refractivity (Wildman–Crippen MR) is 83.6 cm³/mol. The molecule has 1 amide bonds. The van der Waals surface area contributed by atoms with Gasteiger partial charge in [-0.2, -0.15) is 0 Å². The molecule has 0 bridgehead atoms. The van der Waals surface area contributed by atoms with E-state index in [-0.39, 0.29) is 5.91 Å². The first-order chi connectivity index (χ1) is 9.11. The summed E-state index contributed by atoms with van der Waals surface area (Å²) in [6.07, 6.45) is 3.63. The predicted octanol–water partition coefficient (Wildman–Crippen LogP) is 3.27. The number of nitrogens with zero attached hydrogens (tertiary/aromatic N) is 3. The molecule has 98 valence electrons. The molecule has 1 fully saturated rings. The van der Waals surface area contributed by atoms with Crippen LogP contribution in [0.1, 0.15) is 12.6 Å². The molecule has 0 radical (unpaired) electrons. The van der Waals surface area contributed by atoms with E-state index in [1.807, 2.05) is 22.9 Å². The average molecular weight is 330 g/mol. The van der Waals surface area contributed by atoms with E-state index in [0.29, 0.717) is 20.9 Å². The maximum Gasteiger partial charge on any atom is 0.266 e. The molecule has 0 aromatic carbocycles. The Morgan fingerprint density at radius 2 is 2.37 bits per heavy atom. The monoisotopic (exact) mass is 329 g/mol. The minimum absolute atomic E-state index is 0.0706. The molecule has 4 nitrogen and oxygen atoms in total. The summed E-state index contributed by atoms with van der Waals surface area (Å²) in [5, 5.41) is 2.32. The Morgan fingerprint density at radius 3 is 3.05 bits per heavy atom. The number of carbonyl (C=O) groups is 1. The minimum atomic E-state index is -0.0706. The standard InChI is InChI=1S/C11H8ClN3OS3/c1-2-14-9(16)7(19-11(14)17)5-6-8(12)13-10-15(6)3-4-18-10/h3-5H,2H2,1H3/b7-5-. The van der Waals surface area contributed by atoms with Crippen molar-refractivity contribution in [3.8, 4) is 0 Å². The molecule has 1 aliphatic heterocycles. The normalized spacial score (nSPS) is 18.2. The van der Waals surface area contributed by atoms with Crippen LogP contribution in [0.4, 0.5) is 0 Å². The SMILES string of the molecule is CCN1C(=O)/C(=C/c2c(Cl)nc3sccn23)SC1=S. The Kier molecular flexibility index (Phi) is 3.38. The van der Waals surface area contributed by atoms with E-state index in [0.717, 1.165) is 10.7 Å². The third-order valence-electron chi connectivity index (χ3n) is 2.71. The molecule has 0 saturated carbocycles. The van der Waals surface area contributed by atoms with Gasteiger partial charge in [-0.25, -0.2) is 4.98 Å². The smallest absolute Gasteiger partial charge is 0.266 e. The molecule has 2 aromatic heterocycles. The Morgan fingerprint density at radius 1 is 1.58 bits per heavy atom. The summed E-state index contributed by atoms with van der Waals surface area (Å²) in [6, 6.07) is 0. The van der Waals surface area contributed by atoms with Crippen molar-refractivity contribution >= 4 is 68.2 Å². The van der Waals surface area contributed by atoms with Crippen molar-refractivity contribution in [1.29, 1.82) is 0 Å².